The van der Waals surface area contributed by atoms with Gasteiger partial charge in [0.05, 0.1) is 5.70 Å². The van der Waals surface area contributed by atoms with Gasteiger partial charge in [0.15, 0.2) is 0 Å². The van der Waals surface area contributed by atoms with Crippen LogP contribution in [-0.2, 0) is 0 Å². The number of rotatable bonds is 2. The first kappa shape index (κ1) is 11.9. The van der Waals surface area contributed by atoms with Crippen LogP contribution in [0.2, 0.25) is 0 Å². The average molecular weight is 220 g/mol. The van der Waals surface area contributed by atoms with Crippen LogP contribution in [0.4, 0.5) is 0 Å². The van der Waals surface area contributed by atoms with E-state index in [0.29, 0.717) is 0 Å². The Morgan fingerprint density at radius 3 is 2.73 bits per heavy atom. The van der Waals surface area contributed by atoms with Gasteiger partial charge in [-0.2, -0.15) is 5.10 Å². The second kappa shape index (κ2) is 5.09. The molecule has 0 bridgehead atoms. The van der Waals surface area contributed by atoms with E-state index in [-0.39, 0.29) is 0 Å². The summed E-state index contributed by atoms with van der Waals surface area (Å²) in [7, 11) is 2.73. The highest BCUT2D eigenvalue weighted by molar-refractivity contribution is 7.23. The van der Waals surface area contributed by atoms with E-state index in [9.17, 15) is 0 Å². The quantitative estimate of drug-likeness (QED) is 0.514. The van der Waals surface area contributed by atoms with Crippen molar-refractivity contribution in [1.29, 1.82) is 0 Å². The third-order valence-electron chi connectivity index (χ3n) is 2.28. The summed E-state index contributed by atoms with van der Waals surface area (Å²) in [6.07, 6.45) is 7.86. The Morgan fingerprint density at radius 2 is 2.20 bits per heavy atom. The molecule has 0 fully saturated rings. The topological polar surface area (TPSA) is 15.6 Å². The van der Waals surface area contributed by atoms with Crippen molar-refractivity contribution < 1.29 is 0 Å². The molecule has 0 aromatic carbocycles. The lowest BCUT2D eigenvalue weighted by Gasteiger charge is -2.23. The SMILES string of the molecule is C=C1C=C(P)C(/C(C)=C/C)=CN1/N=C\C. The van der Waals surface area contributed by atoms with Crippen LogP contribution in [0.25, 0.3) is 0 Å². The predicted octanol–water partition coefficient (Wildman–Crippen LogP) is 3.43. The van der Waals surface area contributed by atoms with Gasteiger partial charge in [0.2, 0.25) is 0 Å². The minimum absolute atomic E-state index is 0.880. The Bertz CT molecular complexity index is 386. The number of hydrazone groups is 1. The van der Waals surface area contributed by atoms with Gasteiger partial charge in [0, 0.05) is 18.0 Å². The molecule has 0 saturated carbocycles. The second-order valence-electron chi connectivity index (χ2n) is 3.32. The zero-order chi connectivity index (χ0) is 11.4. The Kier molecular flexibility index (Phi) is 4.05. The molecule has 1 heterocycles. The summed E-state index contributed by atoms with van der Waals surface area (Å²) < 4.78 is 0. The van der Waals surface area contributed by atoms with E-state index in [1.807, 2.05) is 26.1 Å². The lowest BCUT2D eigenvalue weighted by atomic mass is 10.1. The maximum absolute atomic E-state index is 4.22. The lowest BCUT2D eigenvalue weighted by Crippen LogP contribution is -2.12. The molecule has 0 amide bonds. The van der Waals surface area contributed by atoms with Crippen LogP contribution in [-0.4, -0.2) is 11.2 Å². The largest absolute Gasteiger partial charge is 0.241 e. The third-order valence-corrected chi connectivity index (χ3v) is 2.75. The van der Waals surface area contributed by atoms with E-state index in [4.69, 9.17) is 0 Å². The van der Waals surface area contributed by atoms with Crippen molar-refractivity contribution in [2.75, 3.05) is 0 Å². The van der Waals surface area contributed by atoms with E-state index in [0.717, 1.165) is 11.0 Å². The van der Waals surface area contributed by atoms with Gasteiger partial charge in [-0.15, -0.1) is 9.24 Å². The van der Waals surface area contributed by atoms with Crippen molar-refractivity contribution in [2.24, 2.45) is 5.10 Å². The molecule has 1 aliphatic heterocycles. The summed E-state index contributed by atoms with van der Waals surface area (Å²) in [6, 6.07) is 0. The molecule has 0 radical (unpaired) electrons. The lowest BCUT2D eigenvalue weighted by molar-refractivity contribution is 0.510. The van der Waals surface area contributed by atoms with Crippen molar-refractivity contribution in [2.45, 2.75) is 20.8 Å². The van der Waals surface area contributed by atoms with Crippen LogP contribution < -0.4 is 0 Å². The molecule has 1 atom stereocenters. The van der Waals surface area contributed by atoms with Gasteiger partial charge >= 0.3 is 0 Å². The van der Waals surface area contributed by atoms with Gasteiger partial charge in [0.25, 0.3) is 0 Å². The molecule has 0 aliphatic carbocycles. The van der Waals surface area contributed by atoms with Crippen molar-refractivity contribution >= 4 is 15.5 Å². The standard InChI is InChI=1S/C12H17N2P/c1-5-9(3)11-8-14(13-6-2)10(4)7-12(11)15/h5-8H,4,15H2,1-3H3/b9-5+,13-6-. The molecule has 3 heteroatoms. The summed E-state index contributed by atoms with van der Waals surface area (Å²) in [4.78, 5) is 0. The fraction of sp³-hybridized carbons (Fsp3) is 0.250. The highest BCUT2D eigenvalue weighted by atomic mass is 31.0. The van der Waals surface area contributed by atoms with Gasteiger partial charge in [0.1, 0.15) is 0 Å². The molecule has 1 rings (SSSR count). The highest BCUT2D eigenvalue weighted by Gasteiger charge is 2.13. The van der Waals surface area contributed by atoms with Crippen LogP contribution in [0.15, 0.2) is 52.2 Å². The fourth-order valence-corrected chi connectivity index (χ4v) is 1.81. The number of hydrogen-bond donors (Lipinski definition) is 0. The molecule has 2 nitrogen and oxygen atoms in total. The minimum atomic E-state index is 0.880. The molecule has 80 valence electrons. The molecule has 0 saturated heterocycles. The van der Waals surface area contributed by atoms with Crippen molar-refractivity contribution in [3.63, 3.8) is 0 Å². The van der Waals surface area contributed by atoms with Crippen molar-refractivity contribution in [3.8, 4) is 0 Å². The van der Waals surface area contributed by atoms with Crippen LogP contribution in [0.3, 0.4) is 0 Å². The Balaban J connectivity index is 3.10. The zero-order valence-electron chi connectivity index (χ0n) is 9.49. The van der Waals surface area contributed by atoms with E-state index in [2.05, 4.69) is 33.9 Å². The van der Waals surface area contributed by atoms with E-state index in [1.54, 1.807) is 11.2 Å². The highest BCUT2D eigenvalue weighted by Crippen LogP contribution is 2.31. The number of hydrogen-bond acceptors (Lipinski definition) is 2. The molecule has 1 unspecified atom stereocenters. The van der Waals surface area contributed by atoms with Gasteiger partial charge in [-0.1, -0.05) is 12.7 Å². The Labute approximate surface area is 93.9 Å². The summed E-state index contributed by atoms with van der Waals surface area (Å²) in [5.74, 6) is 0. The summed E-state index contributed by atoms with van der Waals surface area (Å²) in [5.41, 5.74) is 3.30. The molecule has 15 heavy (non-hydrogen) atoms. The van der Waals surface area contributed by atoms with Crippen LogP contribution in [0, 0.1) is 0 Å². The van der Waals surface area contributed by atoms with E-state index >= 15 is 0 Å². The molecule has 0 N–H and O–H groups in total. The summed E-state index contributed by atoms with van der Waals surface area (Å²) in [5, 5.41) is 7.16. The number of nitrogens with zero attached hydrogens (tertiary/aromatic N) is 2. The molecule has 0 aromatic rings. The first-order valence-electron chi connectivity index (χ1n) is 4.89. The molecular weight excluding hydrogens is 203 g/mol. The van der Waals surface area contributed by atoms with Crippen molar-refractivity contribution in [1.82, 2.24) is 5.01 Å². The molecule has 0 spiro atoms. The van der Waals surface area contributed by atoms with Gasteiger partial charge in [-0.25, -0.2) is 5.01 Å². The monoisotopic (exact) mass is 220 g/mol. The minimum Gasteiger partial charge on any atom is -0.241 e. The maximum Gasteiger partial charge on any atom is 0.0580 e. The summed E-state index contributed by atoms with van der Waals surface area (Å²) >= 11 is 0. The molecular formula is C12H17N2P. The van der Waals surface area contributed by atoms with Gasteiger partial charge < -0.3 is 0 Å². The predicted molar refractivity (Wildman–Crippen MR) is 70.5 cm³/mol. The first-order valence-corrected chi connectivity index (χ1v) is 5.47. The zero-order valence-corrected chi connectivity index (χ0v) is 10.6. The number of allylic oxidation sites excluding steroid dienone is 5. The van der Waals surface area contributed by atoms with E-state index in [1.165, 1.54) is 11.1 Å². The van der Waals surface area contributed by atoms with Crippen LogP contribution in [0.5, 0.6) is 0 Å². The van der Waals surface area contributed by atoms with Crippen LogP contribution >= 0.6 is 9.24 Å². The normalized spacial score (nSPS) is 18.3. The fourth-order valence-electron chi connectivity index (χ4n) is 1.32. The van der Waals surface area contributed by atoms with Crippen LogP contribution in [0.1, 0.15) is 20.8 Å². The smallest absolute Gasteiger partial charge is 0.0580 e. The van der Waals surface area contributed by atoms with Gasteiger partial charge in [-0.05, 0) is 37.7 Å². The Morgan fingerprint density at radius 1 is 1.53 bits per heavy atom. The molecule has 0 aromatic heterocycles. The van der Waals surface area contributed by atoms with Gasteiger partial charge in [-0.3, -0.25) is 0 Å². The summed E-state index contributed by atoms with van der Waals surface area (Å²) in [6.45, 7) is 9.96. The first-order chi connectivity index (χ1) is 7.10. The third kappa shape index (κ3) is 2.66. The second-order valence-corrected chi connectivity index (χ2v) is 3.95. The molecule has 1 aliphatic rings. The average Bonchev–Trinajstić information content (AvgIpc) is 2.21. The Hall–Kier alpha value is -1.14. The van der Waals surface area contributed by atoms with Crippen molar-refractivity contribution in [3.05, 3.63) is 47.1 Å². The maximum atomic E-state index is 4.22. The van der Waals surface area contributed by atoms with E-state index < -0.39 is 0 Å².